The van der Waals surface area contributed by atoms with Crippen LogP contribution >= 0.6 is 0 Å². The van der Waals surface area contributed by atoms with Gasteiger partial charge in [-0.25, -0.2) is 4.79 Å². The summed E-state index contributed by atoms with van der Waals surface area (Å²) in [4.78, 5) is 44.5. The topological polar surface area (TPSA) is 128 Å². The second-order valence-corrected chi connectivity index (χ2v) is 15.5. The van der Waals surface area contributed by atoms with Crippen LogP contribution in [0.4, 0.5) is 4.79 Å². The van der Waals surface area contributed by atoms with Crippen molar-refractivity contribution in [2.75, 3.05) is 66.4 Å². The highest BCUT2D eigenvalue weighted by Crippen LogP contribution is 2.32. The van der Waals surface area contributed by atoms with Crippen LogP contribution in [0.1, 0.15) is 91.8 Å². The van der Waals surface area contributed by atoms with Crippen molar-refractivity contribution in [1.82, 2.24) is 20.4 Å². The van der Waals surface area contributed by atoms with Crippen LogP contribution in [-0.4, -0.2) is 124 Å². The zero-order chi connectivity index (χ0) is 36.9. The monoisotopic (exact) mass is 704 g/mol. The lowest BCUT2D eigenvalue weighted by molar-refractivity contribution is -0.142. The number of hydrogen-bond donors (Lipinski definition) is 2. The highest BCUT2D eigenvalue weighted by atomic mass is 16.6. The van der Waals surface area contributed by atoms with E-state index in [1.165, 1.54) is 10.5 Å². The van der Waals surface area contributed by atoms with Crippen LogP contribution in [-0.2, 0) is 39.7 Å². The van der Waals surface area contributed by atoms with Crippen LogP contribution in [0.2, 0.25) is 0 Å². The van der Waals surface area contributed by atoms with Gasteiger partial charge >= 0.3 is 6.09 Å². The van der Waals surface area contributed by atoms with Gasteiger partial charge in [0.1, 0.15) is 11.6 Å². The first-order valence-corrected chi connectivity index (χ1v) is 18.3. The van der Waals surface area contributed by atoms with Gasteiger partial charge in [-0.3, -0.25) is 9.59 Å². The molecule has 50 heavy (non-hydrogen) atoms. The molecule has 0 unspecified atom stereocenters. The molecule has 2 N–H and O–H groups in total. The molecule has 12 nitrogen and oxygen atoms in total. The zero-order valence-electron chi connectivity index (χ0n) is 32.0. The highest BCUT2D eigenvalue weighted by molar-refractivity contribution is 5.91. The van der Waals surface area contributed by atoms with Gasteiger partial charge in [-0.2, -0.15) is 0 Å². The van der Waals surface area contributed by atoms with E-state index < -0.39 is 29.2 Å². The molecule has 0 bridgehead atoms. The number of ether oxygens (including phenoxy) is 5. The Balaban J connectivity index is 1.68. The second kappa shape index (κ2) is 19.7. The highest BCUT2D eigenvalue weighted by Gasteiger charge is 2.45. The Hall–Kier alpha value is -2.77. The SMILES string of the molecule is CCOCCOCCOCCO[C@H]1C[C@@H](C(=O)N[C@@H]2CCCc3ccccc32)N(C(=O)[C@@H](NC[C@H](C)N(C)C(=O)OC(C)(C)C)C(C)(C)C)C1. The number of likely N-dealkylation sites (tertiary alicyclic amines) is 1. The van der Waals surface area contributed by atoms with Gasteiger partial charge in [-0.1, -0.05) is 45.0 Å². The number of rotatable bonds is 18. The number of carbonyl (C=O) groups excluding carboxylic acids is 3. The number of nitrogens with zero attached hydrogens (tertiary/aromatic N) is 2. The first kappa shape index (κ1) is 41.6. The summed E-state index contributed by atoms with van der Waals surface area (Å²) in [7, 11) is 1.69. The molecule has 0 radical (unpaired) electrons. The van der Waals surface area contributed by atoms with Gasteiger partial charge < -0.3 is 44.1 Å². The van der Waals surface area contributed by atoms with Crippen LogP contribution in [0, 0.1) is 5.41 Å². The summed E-state index contributed by atoms with van der Waals surface area (Å²) < 4.78 is 28.2. The molecule has 1 fully saturated rings. The minimum Gasteiger partial charge on any atom is -0.444 e. The third-order valence-electron chi connectivity index (χ3n) is 9.14. The maximum absolute atomic E-state index is 14.5. The molecule has 3 amide bonds. The standard InChI is InChI=1S/C38H64N4O8/c1-10-46-18-19-47-20-21-48-22-23-49-29-24-32(34(43)40-31-17-13-15-28-14-11-12-16-30(28)31)42(26-29)35(44)33(37(3,4)5)39-25-27(2)41(9)36(45)50-38(6,7)8/h11-12,14,16,27,29,31-33,39H,10,13,15,17-26H2,1-9H3,(H,40,43)/t27-,29-,31+,32-,33+/m0/s1. The fraction of sp³-hybridized carbons (Fsp3) is 0.763. The Morgan fingerprint density at radius 1 is 0.960 bits per heavy atom. The van der Waals surface area contributed by atoms with Crippen molar-refractivity contribution < 1.29 is 38.1 Å². The molecule has 0 spiro atoms. The van der Waals surface area contributed by atoms with Gasteiger partial charge in [0.2, 0.25) is 11.8 Å². The normalized spacial score (nSPS) is 20.6. The van der Waals surface area contributed by atoms with Crippen LogP contribution in [0.5, 0.6) is 0 Å². The van der Waals surface area contributed by atoms with Crippen LogP contribution in [0.25, 0.3) is 0 Å². The Morgan fingerprint density at radius 2 is 1.60 bits per heavy atom. The van der Waals surface area contributed by atoms with Crippen molar-refractivity contribution >= 4 is 17.9 Å². The Labute approximate surface area is 300 Å². The van der Waals surface area contributed by atoms with Crippen molar-refractivity contribution in [1.29, 1.82) is 0 Å². The van der Waals surface area contributed by atoms with E-state index in [4.69, 9.17) is 23.7 Å². The lowest BCUT2D eigenvalue weighted by Crippen LogP contribution is -2.58. The lowest BCUT2D eigenvalue weighted by atomic mass is 9.85. The molecule has 1 aromatic rings. The number of amides is 3. The molecule has 1 aliphatic heterocycles. The minimum absolute atomic E-state index is 0.102. The third kappa shape index (κ3) is 13.1. The summed E-state index contributed by atoms with van der Waals surface area (Å²) in [5, 5.41) is 6.73. The fourth-order valence-corrected chi connectivity index (χ4v) is 6.31. The van der Waals surface area contributed by atoms with E-state index in [9.17, 15) is 14.4 Å². The number of fused-ring (bicyclic) bond motifs is 1. The zero-order valence-corrected chi connectivity index (χ0v) is 32.0. The molecule has 1 aromatic carbocycles. The van der Waals surface area contributed by atoms with Crippen molar-refractivity contribution in [3.8, 4) is 0 Å². The number of carbonyl (C=O) groups is 3. The Morgan fingerprint density at radius 3 is 2.24 bits per heavy atom. The molecular formula is C38H64N4O8. The van der Waals surface area contributed by atoms with Crippen molar-refractivity contribution in [2.24, 2.45) is 5.41 Å². The maximum atomic E-state index is 14.5. The molecule has 284 valence electrons. The van der Waals surface area contributed by atoms with Gasteiger partial charge in [-0.15, -0.1) is 0 Å². The van der Waals surface area contributed by atoms with Crippen LogP contribution in [0.15, 0.2) is 24.3 Å². The largest absolute Gasteiger partial charge is 0.444 e. The van der Waals surface area contributed by atoms with E-state index in [0.29, 0.717) is 65.8 Å². The molecule has 12 heteroatoms. The van der Waals surface area contributed by atoms with Crippen molar-refractivity contribution in [3.05, 3.63) is 35.4 Å². The number of nitrogens with one attached hydrogen (secondary N) is 2. The van der Waals surface area contributed by atoms with Gasteiger partial charge in [0.05, 0.1) is 57.8 Å². The first-order chi connectivity index (χ1) is 23.6. The Kier molecular flexibility index (Phi) is 16.4. The maximum Gasteiger partial charge on any atom is 0.410 e. The van der Waals surface area contributed by atoms with E-state index in [-0.39, 0.29) is 30.0 Å². The molecule has 0 aromatic heterocycles. The Bertz CT molecular complexity index is 1220. The van der Waals surface area contributed by atoms with Crippen molar-refractivity contribution in [3.63, 3.8) is 0 Å². The quantitative estimate of drug-likeness (QED) is 0.213. The summed E-state index contributed by atoms with van der Waals surface area (Å²) in [6.45, 7) is 19.4. The van der Waals surface area contributed by atoms with Gasteiger partial charge in [-0.05, 0) is 70.4 Å². The number of benzene rings is 1. The summed E-state index contributed by atoms with van der Waals surface area (Å²) in [6, 6.07) is 6.59. The average molecular weight is 705 g/mol. The smallest absolute Gasteiger partial charge is 0.410 e. The number of aryl methyl sites for hydroxylation is 1. The summed E-state index contributed by atoms with van der Waals surface area (Å²) in [5.41, 5.74) is 1.30. The van der Waals surface area contributed by atoms with Crippen LogP contribution in [0.3, 0.4) is 0 Å². The molecule has 0 saturated carbocycles. The summed E-state index contributed by atoms with van der Waals surface area (Å²) in [6.07, 6.45) is 2.48. The van der Waals surface area contributed by atoms with E-state index in [0.717, 1.165) is 24.8 Å². The predicted molar refractivity (Wildman–Crippen MR) is 193 cm³/mol. The molecule has 1 heterocycles. The molecular weight excluding hydrogens is 640 g/mol. The molecule has 1 aliphatic carbocycles. The second-order valence-electron chi connectivity index (χ2n) is 15.5. The molecule has 1 saturated heterocycles. The third-order valence-corrected chi connectivity index (χ3v) is 9.14. The molecule has 2 aliphatic rings. The summed E-state index contributed by atoms with van der Waals surface area (Å²) in [5.74, 6) is -0.336. The van der Waals surface area contributed by atoms with Gasteiger partial charge in [0, 0.05) is 39.2 Å². The summed E-state index contributed by atoms with van der Waals surface area (Å²) >= 11 is 0. The predicted octanol–water partition coefficient (Wildman–Crippen LogP) is 4.50. The minimum atomic E-state index is -0.685. The number of likely N-dealkylation sites (N-methyl/N-ethyl adjacent to an activating group) is 1. The average Bonchev–Trinajstić information content (AvgIpc) is 3.48. The van der Waals surface area contributed by atoms with E-state index in [1.807, 2.05) is 67.5 Å². The van der Waals surface area contributed by atoms with E-state index in [1.54, 1.807) is 11.9 Å². The lowest BCUT2D eigenvalue weighted by Gasteiger charge is -2.37. The first-order valence-electron chi connectivity index (χ1n) is 18.3. The molecule has 3 rings (SSSR count). The van der Waals surface area contributed by atoms with Gasteiger partial charge in [0.25, 0.3) is 0 Å². The van der Waals surface area contributed by atoms with Gasteiger partial charge in [0.15, 0.2) is 0 Å². The van der Waals surface area contributed by atoms with E-state index in [2.05, 4.69) is 22.8 Å². The fourth-order valence-electron chi connectivity index (χ4n) is 6.31. The van der Waals surface area contributed by atoms with Crippen molar-refractivity contribution in [2.45, 2.75) is 117 Å². The number of hydrogen-bond acceptors (Lipinski definition) is 9. The van der Waals surface area contributed by atoms with E-state index >= 15 is 0 Å². The van der Waals surface area contributed by atoms with Crippen LogP contribution < -0.4 is 10.6 Å². The molecule has 5 atom stereocenters.